The van der Waals surface area contributed by atoms with Crippen molar-refractivity contribution in [2.45, 2.75) is 32.9 Å². The molecule has 0 bridgehead atoms. The Bertz CT molecular complexity index is 707. The van der Waals surface area contributed by atoms with Gasteiger partial charge in [-0.3, -0.25) is 14.5 Å². The standard InChI is InChI=1S/C17H23N5O2/c1-12-3-5-22(20-12)6-4-17(23)21-7-8-24-16(11-21)15-10-14(18)9-13(2)19-15/h3,5,9-10,16H,4,6-8,11H2,1-2H3,(H2,18,19)/t16-/m0/s1. The minimum absolute atomic E-state index is 0.108. The van der Waals surface area contributed by atoms with Crippen molar-refractivity contribution in [3.05, 3.63) is 41.5 Å². The van der Waals surface area contributed by atoms with Gasteiger partial charge in [0.2, 0.25) is 5.91 Å². The molecule has 1 fully saturated rings. The van der Waals surface area contributed by atoms with E-state index < -0.39 is 0 Å². The summed E-state index contributed by atoms with van der Waals surface area (Å²) in [5.74, 6) is 0.108. The smallest absolute Gasteiger partial charge is 0.224 e. The largest absolute Gasteiger partial charge is 0.399 e. The SMILES string of the molecule is Cc1cc(N)cc([C@@H]2CN(C(=O)CCn3ccc(C)n3)CCO2)n1. The highest BCUT2D eigenvalue weighted by atomic mass is 16.5. The molecular weight excluding hydrogens is 306 g/mol. The highest BCUT2D eigenvalue weighted by Gasteiger charge is 2.26. The van der Waals surface area contributed by atoms with Crippen LogP contribution in [0.1, 0.15) is 29.6 Å². The lowest BCUT2D eigenvalue weighted by Gasteiger charge is -2.33. The van der Waals surface area contributed by atoms with Gasteiger partial charge in [0.1, 0.15) is 6.10 Å². The average molecular weight is 329 g/mol. The number of nitrogens with two attached hydrogens (primary N) is 1. The Hall–Kier alpha value is -2.41. The van der Waals surface area contributed by atoms with Gasteiger partial charge in [0.25, 0.3) is 0 Å². The van der Waals surface area contributed by atoms with Crippen LogP contribution in [0.2, 0.25) is 0 Å². The zero-order chi connectivity index (χ0) is 17.1. The normalized spacial score (nSPS) is 17.9. The van der Waals surface area contributed by atoms with Gasteiger partial charge >= 0.3 is 0 Å². The number of carbonyl (C=O) groups excluding carboxylic acids is 1. The van der Waals surface area contributed by atoms with Crippen molar-refractivity contribution in [3.63, 3.8) is 0 Å². The van der Waals surface area contributed by atoms with Crippen molar-refractivity contribution in [2.75, 3.05) is 25.4 Å². The molecule has 1 amide bonds. The van der Waals surface area contributed by atoms with E-state index in [-0.39, 0.29) is 12.0 Å². The third kappa shape index (κ3) is 3.91. The fourth-order valence-corrected chi connectivity index (χ4v) is 2.90. The maximum absolute atomic E-state index is 12.5. The number of pyridine rings is 1. The molecule has 1 saturated heterocycles. The summed E-state index contributed by atoms with van der Waals surface area (Å²) in [5, 5.41) is 4.31. The van der Waals surface area contributed by atoms with Crippen molar-refractivity contribution >= 4 is 11.6 Å². The summed E-state index contributed by atoms with van der Waals surface area (Å²) in [5.41, 5.74) is 9.15. The fraction of sp³-hybridized carbons (Fsp3) is 0.471. The van der Waals surface area contributed by atoms with Crippen molar-refractivity contribution in [2.24, 2.45) is 0 Å². The Morgan fingerprint density at radius 3 is 2.92 bits per heavy atom. The molecule has 0 unspecified atom stereocenters. The van der Waals surface area contributed by atoms with Crippen LogP contribution in [0.3, 0.4) is 0 Å². The molecule has 2 N–H and O–H groups in total. The second kappa shape index (κ2) is 7.00. The van der Waals surface area contributed by atoms with Crippen LogP contribution in [0.5, 0.6) is 0 Å². The molecule has 1 aliphatic rings. The molecule has 0 spiro atoms. The number of rotatable bonds is 4. The molecule has 0 aromatic carbocycles. The summed E-state index contributed by atoms with van der Waals surface area (Å²) >= 11 is 0. The van der Waals surface area contributed by atoms with Gasteiger partial charge in [0, 0.05) is 37.1 Å². The summed E-state index contributed by atoms with van der Waals surface area (Å²) in [6, 6.07) is 5.57. The molecule has 0 aliphatic carbocycles. The molecule has 128 valence electrons. The number of nitrogen functional groups attached to an aromatic ring is 1. The van der Waals surface area contributed by atoms with Gasteiger partial charge in [-0.25, -0.2) is 0 Å². The molecule has 7 heteroatoms. The Balaban J connectivity index is 1.61. The Labute approximate surface area is 141 Å². The molecule has 24 heavy (non-hydrogen) atoms. The average Bonchev–Trinajstić information content (AvgIpc) is 2.97. The van der Waals surface area contributed by atoms with Crippen molar-refractivity contribution in [3.8, 4) is 0 Å². The number of morpholine rings is 1. The van der Waals surface area contributed by atoms with E-state index in [4.69, 9.17) is 10.5 Å². The first-order valence-electron chi connectivity index (χ1n) is 8.15. The highest BCUT2D eigenvalue weighted by Crippen LogP contribution is 2.23. The first-order valence-corrected chi connectivity index (χ1v) is 8.15. The molecule has 3 heterocycles. The fourth-order valence-electron chi connectivity index (χ4n) is 2.90. The first-order chi connectivity index (χ1) is 11.5. The maximum atomic E-state index is 12.5. The predicted octanol–water partition coefficient (Wildman–Crippen LogP) is 1.47. The van der Waals surface area contributed by atoms with Crippen LogP contribution < -0.4 is 5.73 Å². The molecule has 2 aromatic rings. The molecular formula is C17H23N5O2. The monoisotopic (exact) mass is 329 g/mol. The molecule has 7 nitrogen and oxygen atoms in total. The minimum Gasteiger partial charge on any atom is -0.399 e. The number of nitrogens with zero attached hydrogens (tertiary/aromatic N) is 4. The van der Waals surface area contributed by atoms with Crippen molar-refractivity contribution < 1.29 is 9.53 Å². The number of ether oxygens (including phenoxy) is 1. The van der Waals surface area contributed by atoms with E-state index in [2.05, 4.69) is 10.1 Å². The van der Waals surface area contributed by atoms with E-state index >= 15 is 0 Å². The van der Waals surface area contributed by atoms with Crippen LogP contribution in [-0.4, -0.2) is 45.3 Å². The lowest BCUT2D eigenvalue weighted by molar-refractivity contribution is -0.139. The summed E-state index contributed by atoms with van der Waals surface area (Å²) in [6.07, 6.45) is 2.10. The topological polar surface area (TPSA) is 86.3 Å². The molecule has 2 aromatic heterocycles. The van der Waals surface area contributed by atoms with Gasteiger partial charge in [-0.05, 0) is 32.0 Å². The van der Waals surface area contributed by atoms with Gasteiger partial charge in [-0.1, -0.05) is 0 Å². The first kappa shape index (κ1) is 16.4. The van der Waals surface area contributed by atoms with Crippen molar-refractivity contribution in [1.82, 2.24) is 19.7 Å². The van der Waals surface area contributed by atoms with Crippen LogP contribution in [0.15, 0.2) is 24.4 Å². The molecule has 1 aliphatic heterocycles. The van der Waals surface area contributed by atoms with Gasteiger partial charge in [-0.2, -0.15) is 5.10 Å². The molecule has 1 atom stereocenters. The predicted molar refractivity (Wildman–Crippen MR) is 90.2 cm³/mol. The highest BCUT2D eigenvalue weighted by molar-refractivity contribution is 5.76. The lowest BCUT2D eigenvalue weighted by Crippen LogP contribution is -2.42. The number of aryl methyl sites for hydroxylation is 3. The van der Waals surface area contributed by atoms with E-state index in [1.807, 2.05) is 43.1 Å². The quantitative estimate of drug-likeness (QED) is 0.918. The third-order valence-corrected chi connectivity index (χ3v) is 4.07. The summed E-state index contributed by atoms with van der Waals surface area (Å²) in [4.78, 5) is 18.8. The number of aromatic nitrogens is 3. The van der Waals surface area contributed by atoms with Crippen LogP contribution >= 0.6 is 0 Å². The van der Waals surface area contributed by atoms with E-state index in [9.17, 15) is 4.79 Å². The number of hydrogen-bond donors (Lipinski definition) is 1. The number of anilines is 1. The lowest BCUT2D eigenvalue weighted by atomic mass is 10.1. The van der Waals surface area contributed by atoms with Crippen LogP contribution in [0.25, 0.3) is 0 Å². The van der Waals surface area contributed by atoms with E-state index in [0.29, 0.717) is 38.3 Å². The van der Waals surface area contributed by atoms with Gasteiger partial charge in [0.05, 0.1) is 24.5 Å². The maximum Gasteiger partial charge on any atom is 0.224 e. The zero-order valence-electron chi connectivity index (χ0n) is 14.1. The van der Waals surface area contributed by atoms with Crippen LogP contribution in [-0.2, 0) is 16.1 Å². The summed E-state index contributed by atoms with van der Waals surface area (Å²) < 4.78 is 7.59. The van der Waals surface area contributed by atoms with E-state index in [0.717, 1.165) is 17.1 Å². The van der Waals surface area contributed by atoms with E-state index in [1.165, 1.54) is 0 Å². The number of hydrogen-bond acceptors (Lipinski definition) is 5. The van der Waals surface area contributed by atoms with Crippen LogP contribution in [0, 0.1) is 13.8 Å². The Morgan fingerprint density at radius 2 is 2.21 bits per heavy atom. The Kier molecular flexibility index (Phi) is 4.80. The molecule has 3 rings (SSSR count). The summed E-state index contributed by atoms with van der Waals surface area (Å²) in [6.45, 7) is 6.04. The second-order valence-electron chi connectivity index (χ2n) is 6.14. The number of carbonyl (C=O) groups is 1. The van der Waals surface area contributed by atoms with E-state index in [1.54, 1.807) is 4.68 Å². The van der Waals surface area contributed by atoms with Gasteiger partial charge in [0.15, 0.2) is 0 Å². The molecule has 0 radical (unpaired) electrons. The second-order valence-corrected chi connectivity index (χ2v) is 6.14. The van der Waals surface area contributed by atoms with Crippen LogP contribution in [0.4, 0.5) is 5.69 Å². The zero-order valence-corrected chi connectivity index (χ0v) is 14.1. The molecule has 0 saturated carbocycles. The third-order valence-electron chi connectivity index (χ3n) is 4.07. The van der Waals surface area contributed by atoms with Gasteiger partial charge < -0.3 is 15.4 Å². The van der Waals surface area contributed by atoms with Gasteiger partial charge in [-0.15, -0.1) is 0 Å². The number of amides is 1. The summed E-state index contributed by atoms with van der Waals surface area (Å²) in [7, 11) is 0. The van der Waals surface area contributed by atoms with Crippen molar-refractivity contribution in [1.29, 1.82) is 0 Å². The Morgan fingerprint density at radius 1 is 1.38 bits per heavy atom. The minimum atomic E-state index is -0.225.